The van der Waals surface area contributed by atoms with E-state index in [2.05, 4.69) is 74.8 Å². The number of hydrogen-bond acceptors (Lipinski definition) is 7. The lowest BCUT2D eigenvalue weighted by atomic mass is 10.4. The maximum absolute atomic E-state index is 6.23. The highest BCUT2D eigenvalue weighted by Gasteiger charge is 2.49. The maximum atomic E-state index is 6.23. The lowest BCUT2D eigenvalue weighted by molar-refractivity contribution is 0.0842. The van der Waals surface area contributed by atoms with Crippen molar-refractivity contribution in [2.24, 2.45) is 0 Å². The van der Waals surface area contributed by atoms with E-state index in [4.69, 9.17) is 13.3 Å². The molecule has 0 aliphatic carbocycles. The van der Waals surface area contributed by atoms with Crippen molar-refractivity contribution in [2.75, 3.05) is 86.3 Å². The fraction of sp³-hybridized carbons (Fsp3) is 0.667. The standard InChI is InChI=1S/C24H44N4O3Si2/c1-6-29-33(30-7-2,31-8-3)23-22-32(24-12-10-9-11-13-24,27-18-14-25(4)15-19-27)28-20-16-26(5)17-21-28/h9-13,22-23H,6-8,14-21H2,1-5H3/b23-22+. The molecule has 2 heterocycles. The zero-order valence-electron chi connectivity index (χ0n) is 21.3. The molecule has 0 spiro atoms. The molecule has 0 bridgehead atoms. The van der Waals surface area contributed by atoms with Crippen LogP contribution in [0, 0.1) is 0 Å². The van der Waals surface area contributed by atoms with Crippen molar-refractivity contribution in [1.82, 2.24) is 18.9 Å². The Kier molecular flexibility index (Phi) is 10.3. The van der Waals surface area contributed by atoms with Crippen molar-refractivity contribution >= 4 is 22.4 Å². The lowest BCUT2D eigenvalue weighted by Gasteiger charge is -2.52. The summed E-state index contributed by atoms with van der Waals surface area (Å²) in [5.74, 6) is 0. The Morgan fingerprint density at radius 2 is 1.09 bits per heavy atom. The van der Waals surface area contributed by atoms with Crippen LogP contribution in [-0.4, -0.2) is 122 Å². The molecular weight excluding hydrogens is 448 g/mol. The van der Waals surface area contributed by atoms with E-state index in [1.54, 1.807) is 0 Å². The number of benzene rings is 1. The molecule has 0 amide bonds. The van der Waals surface area contributed by atoms with Gasteiger partial charge in [0.1, 0.15) is 0 Å². The minimum Gasteiger partial charge on any atom is -0.371 e. The first-order chi connectivity index (χ1) is 16.0. The second kappa shape index (κ2) is 12.7. The van der Waals surface area contributed by atoms with Crippen LogP contribution in [0.2, 0.25) is 0 Å². The predicted octanol–water partition coefficient (Wildman–Crippen LogP) is 1.51. The molecular formula is C24H44N4O3Si2. The zero-order valence-corrected chi connectivity index (χ0v) is 23.3. The molecule has 0 unspecified atom stereocenters. The van der Waals surface area contributed by atoms with E-state index in [0.29, 0.717) is 19.8 Å². The SMILES string of the molecule is CCO[Si](/C=C/[Si](c1ccccc1)(N1CCN(C)CC1)N1CCN(C)CC1)(OCC)OCC. The monoisotopic (exact) mass is 492 g/mol. The Hall–Kier alpha value is -0.886. The van der Waals surface area contributed by atoms with Gasteiger partial charge < -0.3 is 32.2 Å². The van der Waals surface area contributed by atoms with E-state index in [-0.39, 0.29) is 0 Å². The average molecular weight is 493 g/mol. The Morgan fingerprint density at radius 1 is 0.667 bits per heavy atom. The van der Waals surface area contributed by atoms with Gasteiger partial charge in [-0.3, -0.25) is 0 Å². The Morgan fingerprint density at radius 3 is 1.48 bits per heavy atom. The van der Waals surface area contributed by atoms with Gasteiger partial charge in [-0.25, -0.2) is 0 Å². The summed E-state index contributed by atoms with van der Waals surface area (Å²) in [5, 5.41) is 1.43. The quantitative estimate of drug-likeness (QED) is 0.434. The van der Waals surface area contributed by atoms with Gasteiger partial charge in [0.2, 0.25) is 0 Å². The third kappa shape index (κ3) is 6.42. The summed E-state index contributed by atoms with van der Waals surface area (Å²) >= 11 is 0. The van der Waals surface area contributed by atoms with Gasteiger partial charge in [0.15, 0.2) is 0 Å². The minimum atomic E-state index is -2.91. The first-order valence-corrected chi connectivity index (χ1v) is 16.3. The molecule has 2 fully saturated rings. The van der Waals surface area contributed by atoms with Crippen molar-refractivity contribution in [3.63, 3.8) is 0 Å². The molecule has 2 aliphatic rings. The molecule has 9 heteroatoms. The molecule has 2 saturated heterocycles. The van der Waals surface area contributed by atoms with Crippen molar-refractivity contribution in [3.8, 4) is 0 Å². The molecule has 0 atom stereocenters. The van der Waals surface area contributed by atoms with Gasteiger partial charge >= 0.3 is 8.80 Å². The summed E-state index contributed by atoms with van der Waals surface area (Å²) in [4.78, 5) is 4.88. The second-order valence-electron chi connectivity index (χ2n) is 8.91. The van der Waals surface area contributed by atoms with E-state index in [1.807, 2.05) is 20.8 Å². The molecule has 0 N–H and O–H groups in total. The molecule has 0 saturated carbocycles. The van der Waals surface area contributed by atoms with E-state index < -0.39 is 17.2 Å². The van der Waals surface area contributed by atoms with Crippen molar-refractivity contribution in [1.29, 1.82) is 0 Å². The highest BCUT2D eigenvalue weighted by molar-refractivity contribution is 6.92. The van der Waals surface area contributed by atoms with Crippen LogP contribution in [0.15, 0.2) is 41.7 Å². The largest absolute Gasteiger partial charge is 0.528 e. The normalized spacial score (nSPS) is 20.6. The van der Waals surface area contributed by atoms with Gasteiger partial charge in [-0.2, -0.15) is 0 Å². The molecule has 1 aromatic rings. The summed E-state index contributed by atoms with van der Waals surface area (Å²) in [6, 6.07) is 11.2. The Bertz CT molecular complexity index is 685. The molecule has 7 nitrogen and oxygen atoms in total. The van der Waals surface area contributed by atoms with Crippen LogP contribution in [0.25, 0.3) is 0 Å². The Labute approximate surface area is 203 Å². The number of nitrogens with zero attached hydrogens (tertiary/aromatic N) is 4. The number of piperazine rings is 2. The number of hydrogen-bond donors (Lipinski definition) is 0. The predicted molar refractivity (Wildman–Crippen MR) is 140 cm³/mol. The van der Waals surface area contributed by atoms with Gasteiger partial charge in [0.05, 0.1) is 0 Å². The molecule has 1 aromatic carbocycles. The fourth-order valence-electron chi connectivity index (χ4n) is 4.94. The molecule has 2 aliphatic heterocycles. The maximum Gasteiger partial charge on any atom is 0.528 e. The van der Waals surface area contributed by atoms with Crippen molar-refractivity contribution in [3.05, 3.63) is 41.7 Å². The fourth-order valence-corrected chi connectivity index (χ4v) is 12.6. The second-order valence-corrected chi connectivity index (χ2v) is 14.9. The number of likely N-dealkylation sites (N-methyl/N-ethyl adjacent to an activating group) is 2. The van der Waals surface area contributed by atoms with Crippen LogP contribution in [0.5, 0.6) is 0 Å². The van der Waals surface area contributed by atoms with E-state index in [0.717, 1.165) is 52.4 Å². The van der Waals surface area contributed by atoms with Crippen LogP contribution < -0.4 is 5.19 Å². The van der Waals surface area contributed by atoms with E-state index in [9.17, 15) is 0 Å². The van der Waals surface area contributed by atoms with Gasteiger partial charge in [0, 0.05) is 72.2 Å². The van der Waals surface area contributed by atoms with Crippen LogP contribution in [0.4, 0.5) is 0 Å². The van der Waals surface area contributed by atoms with Gasteiger partial charge in [0.25, 0.3) is 8.40 Å². The highest BCUT2D eigenvalue weighted by Crippen LogP contribution is 2.24. The summed E-state index contributed by atoms with van der Waals surface area (Å²) in [6.45, 7) is 16.5. The summed E-state index contributed by atoms with van der Waals surface area (Å²) in [6.07, 6.45) is 0. The summed E-state index contributed by atoms with van der Waals surface area (Å²) in [5.41, 5.74) is 4.71. The smallest absolute Gasteiger partial charge is 0.371 e. The van der Waals surface area contributed by atoms with E-state index >= 15 is 0 Å². The van der Waals surface area contributed by atoms with Gasteiger partial charge in [-0.05, 0) is 45.8 Å². The van der Waals surface area contributed by atoms with Crippen molar-refractivity contribution < 1.29 is 13.3 Å². The minimum absolute atomic E-state index is 0.583. The average Bonchev–Trinajstić information content (AvgIpc) is 2.83. The Balaban J connectivity index is 2.11. The number of rotatable bonds is 11. The first-order valence-electron chi connectivity index (χ1n) is 12.5. The van der Waals surface area contributed by atoms with Crippen molar-refractivity contribution in [2.45, 2.75) is 20.8 Å². The lowest BCUT2D eigenvalue weighted by Crippen LogP contribution is -2.76. The third-order valence-corrected chi connectivity index (χ3v) is 14.3. The van der Waals surface area contributed by atoms with Crippen LogP contribution in [0.1, 0.15) is 20.8 Å². The molecule has 0 aromatic heterocycles. The molecule has 186 valence electrons. The van der Waals surface area contributed by atoms with Gasteiger partial charge in [-0.1, -0.05) is 36.0 Å². The third-order valence-electron chi connectivity index (χ3n) is 6.73. The summed E-state index contributed by atoms with van der Waals surface area (Å²) in [7, 11) is -0.855. The first kappa shape index (κ1) is 26.7. The molecule has 0 radical (unpaired) electrons. The van der Waals surface area contributed by atoms with Crippen LogP contribution in [-0.2, 0) is 13.3 Å². The molecule has 33 heavy (non-hydrogen) atoms. The highest BCUT2D eigenvalue weighted by atomic mass is 28.4. The van der Waals surface area contributed by atoms with Crippen LogP contribution >= 0.6 is 0 Å². The van der Waals surface area contributed by atoms with E-state index in [1.165, 1.54) is 5.19 Å². The summed E-state index contributed by atoms with van der Waals surface area (Å²) < 4.78 is 24.3. The molecule has 3 rings (SSSR count). The zero-order chi connectivity index (χ0) is 23.7. The topological polar surface area (TPSA) is 40.7 Å². The van der Waals surface area contributed by atoms with Gasteiger partial charge in [-0.15, -0.1) is 0 Å². The van der Waals surface area contributed by atoms with Crippen LogP contribution in [0.3, 0.4) is 0 Å².